The van der Waals surface area contributed by atoms with Crippen LogP contribution < -0.4 is 10.1 Å². The molecule has 2 saturated heterocycles. The average molecular weight is 482 g/mol. The summed E-state index contributed by atoms with van der Waals surface area (Å²) in [6, 6.07) is 7.58. The van der Waals surface area contributed by atoms with E-state index in [0.29, 0.717) is 40.5 Å². The fraction of sp³-hybridized carbons (Fsp3) is 0.520. The van der Waals surface area contributed by atoms with Gasteiger partial charge >= 0.3 is 6.09 Å². The van der Waals surface area contributed by atoms with Crippen LogP contribution in [0.2, 0.25) is 5.02 Å². The lowest BCUT2D eigenvalue weighted by atomic mass is 9.91. The van der Waals surface area contributed by atoms with Crippen molar-refractivity contribution in [3.05, 3.63) is 40.7 Å². The third-order valence-electron chi connectivity index (χ3n) is 7.17. The van der Waals surface area contributed by atoms with Gasteiger partial charge in [-0.1, -0.05) is 11.6 Å². The summed E-state index contributed by atoms with van der Waals surface area (Å²) in [5.74, 6) is 1.48. The standard InChI is InChI=1S/C25H28ClN5O3/c1-15-22(30-21-6-3-16(12-27)11-20(21)26)28-14-29-23(15)33-13-17-9-18-4-5-19(10-17)31(18)24(32)34-25(2)7-8-25/h3,6,11,14,17-19H,4-5,7-10,13H2,1-2H3,(H,28,29,30). The number of nitrogens with zero attached hydrogens (tertiary/aromatic N) is 4. The molecule has 8 nitrogen and oxygen atoms in total. The van der Waals surface area contributed by atoms with Crippen LogP contribution in [0.4, 0.5) is 16.3 Å². The molecule has 0 spiro atoms. The van der Waals surface area contributed by atoms with E-state index in [-0.39, 0.29) is 23.8 Å². The number of nitrogens with one attached hydrogen (secondary N) is 1. The molecule has 1 aromatic carbocycles. The van der Waals surface area contributed by atoms with Crippen molar-refractivity contribution in [2.24, 2.45) is 5.92 Å². The first-order valence-corrected chi connectivity index (χ1v) is 12.2. The predicted octanol–water partition coefficient (Wildman–Crippen LogP) is 5.36. The Kier molecular flexibility index (Phi) is 5.98. The van der Waals surface area contributed by atoms with Crippen molar-refractivity contribution in [1.29, 1.82) is 5.26 Å². The van der Waals surface area contributed by atoms with Gasteiger partial charge in [-0.2, -0.15) is 5.26 Å². The lowest BCUT2D eigenvalue weighted by Gasteiger charge is -2.38. The number of hydrogen-bond acceptors (Lipinski definition) is 7. The molecule has 5 rings (SSSR count). The van der Waals surface area contributed by atoms with Gasteiger partial charge in [0.2, 0.25) is 5.88 Å². The van der Waals surface area contributed by atoms with E-state index in [4.69, 9.17) is 26.3 Å². The second-order valence-electron chi connectivity index (χ2n) is 9.84. The highest BCUT2D eigenvalue weighted by atomic mass is 35.5. The maximum absolute atomic E-state index is 12.7. The Labute approximate surface area is 204 Å². The molecule has 3 heterocycles. The number of carbonyl (C=O) groups excluding carboxylic acids is 1. The van der Waals surface area contributed by atoms with Gasteiger partial charge in [0.05, 0.1) is 34.5 Å². The number of aromatic nitrogens is 2. The molecule has 0 radical (unpaired) electrons. The van der Waals surface area contributed by atoms with Crippen LogP contribution in [0.25, 0.3) is 0 Å². The molecule has 2 bridgehead atoms. The molecular formula is C25H28ClN5O3. The van der Waals surface area contributed by atoms with Crippen molar-refractivity contribution in [2.75, 3.05) is 11.9 Å². The Morgan fingerprint density at radius 3 is 2.68 bits per heavy atom. The molecule has 2 aliphatic heterocycles. The van der Waals surface area contributed by atoms with E-state index >= 15 is 0 Å². The van der Waals surface area contributed by atoms with Crippen LogP contribution >= 0.6 is 11.6 Å². The number of hydrogen-bond donors (Lipinski definition) is 1. The average Bonchev–Trinajstić information content (AvgIpc) is 3.47. The Bertz CT molecular complexity index is 1130. The van der Waals surface area contributed by atoms with E-state index in [9.17, 15) is 4.79 Å². The zero-order valence-electron chi connectivity index (χ0n) is 19.4. The summed E-state index contributed by atoms with van der Waals surface area (Å²) < 4.78 is 11.9. The molecule has 34 heavy (non-hydrogen) atoms. The van der Waals surface area contributed by atoms with Crippen LogP contribution in [0.3, 0.4) is 0 Å². The van der Waals surface area contributed by atoms with Gasteiger partial charge in [0.25, 0.3) is 0 Å². The Hall–Kier alpha value is -3.05. The van der Waals surface area contributed by atoms with Gasteiger partial charge < -0.3 is 19.7 Å². The number of ether oxygens (including phenoxy) is 2. The molecule has 1 saturated carbocycles. The molecule has 2 aromatic rings. The smallest absolute Gasteiger partial charge is 0.410 e. The van der Waals surface area contributed by atoms with Crippen LogP contribution in [0.5, 0.6) is 5.88 Å². The van der Waals surface area contributed by atoms with Crippen molar-refractivity contribution >= 4 is 29.2 Å². The van der Waals surface area contributed by atoms with Crippen LogP contribution in [0.1, 0.15) is 56.6 Å². The van der Waals surface area contributed by atoms with Gasteiger partial charge in [-0.05, 0) is 76.5 Å². The normalized spacial score (nSPS) is 24.3. The van der Waals surface area contributed by atoms with Crippen LogP contribution in [-0.2, 0) is 4.74 Å². The summed E-state index contributed by atoms with van der Waals surface area (Å²) in [5, 5.41) is 12.7. The largest absolute Gasteiger partial charge is 0.477 e. The maximum Gasteiger partial charge on any atom is 0.410 e. The number of amides is 1. The minimum absolute atomic E-state index is 0.143. The monoisotopic (exact) mass is 481 g/mol. The van der Waals surface area contributed by atoms with Crippen molar-refractivity contribution in [1.82, 2.24) is 14.9 Å². The van der Waals surface area contributed by atoms with Crippen molar-refractivity contribution in [3.8, 4) is 11.9 Å². The van der Waals surface area contributed by atoms with Gasteiger partial charge in [0, 0.05) is 12.1 Å². The van der Waals surface area contributed by atoms with E-state index in [0.717, 1.165) is 44.1 Å². The van der Waals surface area contributed by atoms with Crippen LogP contribution in [-0.4, -0.2) is 45.3 Å². The third kappa shape index (κ3) is 4.62. The molecule has 1 aliphatic carbocycles. The summed E-state index contributed by atoms with van der Waals surface area (Å²) in [4.78, 5) is 23.4. The molecule has 178 valence electrons. The van der Waals surface area contributed by atoms with Crippen LogP contribution in [0, 0.1) is 24.2 Å². The van der Waals surface area contributed by atoms with E-state index in [1.807, 2.05) is 18.7 Å². The van der Waals surface area contributed by atoms with E-state index in [2.05, 4.69) is 21.4 Å². The number of carbonyl (C=O) groups is 1. The maximum atomic E-state index is 12.7. The Morgan fingerprint density at radius 1 is 1.29 bits per heavy atom. The molecule has 9 heteroatoms. The molecule has 1 N–H and O–H groups in total. The number of rotatable bonds is 6. The fourth-order valence-corrected chi connectivity index (χ4v) is 5.21. The van der Waals surface area contributed by atoms with Crippen molar-refractivity contribution < 1.29 is 14.3 Å². The summed E-state index contributed by atoms with van der Waals surface area (Å²) in [5.41, 5.74) is 1.69. The highest BCUT2D eigenvalue weighted by Crippen LogP contribution is 2.43. The quantitative estimate of drug-likeness (QED) is 0.592. The molecule has 3 fully saturated rings. The first kappa shape index (κ1) is 22.7. The van der Waals surface area contributed by atoms with E-state index in [1.54, 1.807) is 18.2 Å². The lowest BCUT2D eigenvalue weighted by Crippen LogP contribution is -2.48. The first-order chi connectivity index (χ1) is 16.3. The van der Waals surface area contributed by atoms with Gasteiger partial charge in [0.1, 0.15) is 17.7 Å². The summed E-state index contributed by atoms with van der Waals surface area (Å²) >= 11 is 6.29. The minimum Gasteiger partial charge on any atom is -0.477 e. The molecule has 2 atom stereocenters. The lowest BCUT2D eigenvalue weighted by molar-refractivity contribution is 0.0219. The predicted molar refractivity (Wildman–Crippen MR) is 127 cm³/mol. The summed E-state index contributed by atoms with van der Waals surface area (Å²) in [6.07, 6.45) is 7.13. The third-order valence-corrected chi connectivity index (χ3v) is 7.49. The second-order valence-corrected chi connectivity index (χ2v) is 10.2. The van der Waals surface area contributed by atoms with Crippen molar-refractivity contribution in [3.63, 3.8) is 0 Å². The SMILES string of the molecule is Cc1c(Nc2ccc(C#N)cc2Cl)ncnc1OCC1CC2CCC(C1)N2C(=O)OC1(C)CC1. The molecular weight excluding hydrogens is 454 g/mol. The Balaban J connectivity index is 1.20. The highest BCUT2D eigenvalue weighted by Gasteiger charge is 2.48. The second kappa shape index (κ2) is 8.95. The van der Waals surface area contributed by atoms with E-state index < -0.39 is 0 Å². The highest BCUT2D eigenvalue weighted by molar-refractivity contribution is 6.33. The molecule has 3 aliphatic rings. The van der Waals surface area contributed by atoms with E-state index in [1.165, 1.54) is 6.33 Å². The number of fused-ring (bicyclic) bond motifs is 2. The molecule has 2 unspecified atom stereocenters. The summed E-state index contributed by atoms with van der Waals surface area (Å²) in [7, 11) is 0. The minimum atomic E-state index is -0.241. The topological polar surface area (TPSA) is 100 Å². The zero-order chi connectivity index (χ0) is 23.9. The number of piperidine rings is 1. The Morgan fingerprint density at radius 2 is 2.03 bits per heavy atom. The number of nitriles is 1. The number of benzene rings is 1. The molecule has 1 aromatic heterocycles. The van der Waals surface area contributed by atoms with Gasteiger partial charge in [-0.15, -0.1) is 0 Å². The fourth-order valence-electron chi connectivity index (χ4n) is 4.98. The number of anilines is 2. The van der Waals surface area contributed by atoms with Gasteiger partial charge in [0.15, 0.2) is 0 Å². The molecule has 1 amide bonds. The van der Waals surface area contributed by atoms with Gasteiger partial charge in [-0.3, -0.25) is 0 Å². The van der Waals surface area contributed by atoms with Crippen molar-refractivity contribution in [2.45, 2.75) is 70.1 Å². The first-order valence-electron chi connectivity index (χ1n) is 11.8. The zero-order valence-corrected chi connectivity index (χ0v) is 20.1. The summed E-state index contributed by atoms with van der Waals surface area (Å²) in [6.45, 7) is 4.45. The number of halogens is 1. The van der Waals surface area contributed by atoms with Gasteiger partial charge in [-0.25, -0.2) is 14.8 Å². The van der Waals surface area contributed by atoms with Crippen LogP contribution in [0.15, 0.2) is 24.5 Å².